The van der Waals surface area contributed by atoms with Crippen molar-refractivity contribution in [2.75, 3.05) is 7.11 Å². The molecule has 1 heterocycles. The van der Waals surface area contributed by atoms with Crippen molar-refractivity contribution in [1.82, 2.24) is 0 Å². The minimum absolute atomic E-state index is 0.0755. The Labute approximate surface area is 287 Å². The second-order valence-corrected chi connectivity index (χ2v) is 14.0. The van der Waals surface area contributed by atoms with Gasteiger partial charge in [0.2, 0.25) is 5.43 Å². The molecule has 11 heteroatoms. The van der Waals surface area contributed by atoms with Crippen LogP contribution in [0.15, 0.2) is 69.6 Å². The minimum Gasteiger partial charge on any atom is -0.505 e. The molecule has 0 aromatic heterocycles. The van der Waals surface area contributed by atoms with E-state index in [1.54, 1.807) is 25.1 Å². The third kappa shape index (κ3) is 7.22. The summed E-state index contributed by atoms with van der Waals surface area (Å²) in [5.74, 6) is -0.270. The van der Waals surface area contributed by atoms with Gasteiger partial charge in [0.15, 0.2) is 17.1 Å². The van der Waals surface area contributed by atoms with E-state index in [1.165, 1.54) is 7.11 Å². The average Bonchev–Trinajstić information content (AvgIpc) is 2.97. The number of ether oxygens (including phenoxy) is 1. The van der Waals surface area contributed by atoms with Gasteiger partial charge in [0.05, 0.1) is 21.6 Å². The summed E-state index contributed by atoms with van der Waals surface area (Å²) in [6, 6.07) is 8.83. The van der Waals surface area contributed by atoms with Crippen LogP contribution in [0.5, 0.6) is 5.75 Å². The number of phenolic OH excluding ortho intramolecular Hbond substituents is 1. The number of thiocarbonyl (C=S) groups is 1. The number of unbranched alkanes of at least 4 members (excludes halogenated alkanes) is 2. The van der Waals surface area contributed by atoms with E-state index in [4.69, 9.17) is 21.4 Å². The highest BCUT2D eigenvalue weighted by molar-refractivity contribution is 9.11. The standard InChI is InChI=1S/C32H26Br4O6S/c1-15(2)24(37)8-6-4-5-7-17(43)11-16-9-10-18(32(40)41-3)19(12-16)25-20-13-22(33)28(38)26(35)30(20)42-31-21(25)14-23(34)29(39)27(31)36/h9-10,12-14,38H,1,4-8,11H2,2-3H3. The van der Waals surface area contributed by atoms with Gasteiger partial charge in [0.1, 0.15) is 14.7 Å². The lowest BCUT2D eigenvalue weighted by Crippen LogP contribution is -2.09. The van der Waals surface area contributed by atoms with E-state index in [0.717, 1.165) is 36.1 Å². The third-order valence-electron chi connectivity index (χ3n) is 7.02. The second kappa shape index (κ2) is 14.3. The molecule has 1 aliphatic heterocycles. The maximum Gasteiger partial charge on any atom is 0.338 e. The van der Waals surface area contributed by atoms with Crippen LogP contribution in [0.1, 0.15) is 54.9 Å². The van der Waals surface area contributed by atoms with Crippen molar-refractivity contribution in [3.8, 4) is 28.2 Å². The van der Waals surface area contributed by atoms with E-state index >= 15 is 0 Å². The maximum atomic E-state index is 13.1. The van der Waals surface area contributed by atoms with Crippen molar-refractivity contribution < 1.29 is 23.8 Å². The number of ketones is 1. The summed E-state index contributed by atoms with van der Waals surface area (Å²) in [5.41, 5.74) is 3.48. The van der Waals surface area contributed by atoms with Crippen molar-refractivity contribution in [3.05, 3.63) is 81.7 Å². The van der Waals surface area contributed by atoms with E-state index in [0.29, 0.717) is 55.0 Å². The Bertz CT molecular complexity index is 1830. The number of allylic oxidation sites excluding steroid dienone is 1. The van der Waals surface area contributed by atoms with Gasteiger partial charge >= 0.3 is 5.97 Å². The first-order valence-electron chi connectivity index (χ1n) is 13.2. The molecule has 6 nitrogen and oxygen atoms in total. The number of hydrogen-bond donors (Lipinski definition) is 1. The number of phenols is 1. The molecule has 0 spiro atoms. The van der Waals surface area contributed by atoms with Crippen molar-refractivity contribution in [3.63, 3.8) is 0 Å². The van der Waals surface area contributed by atoms with Crippen LogP contribution in [0.2, 0.25) is 0 Å². The number of esters is 1. The first-order valence-corrected chi connectivity index (χ1v) is 16.8. The van der Waals surface area contributed by atoms with Gasteiger partial charge < -0.3 is 14.3 Å². The highest BCUT2D eigenvalue weighted by atomic mass is 79.9. The van der Waals surface area contributed by atoms with Crippen molar-refractivity contribution >= 4 is 104 Å². The molecule has 1 aliphatic carbocycles. The van der Waals surface area contributed by atoms with Crippen molar-refractivity contribution in [2.45, 2.75) is 45.4 Å². The minimum atomic E-state index is -0.536. The Balaban J connectivity index is 1.83. The molecule has 0 radical (unpaired) electrons. The molecule has 2 aromatic carbocycles. The Hall–Kier alpha value is -2.18. The second-order valence-electron chi connectivity index (χ2n) is 10.1. The zero-order valence-electron chi connectivity index (χ0n) is 23.2. The lowest BCUT2D eigenvalue weighted by atomic mass is 9.89. The van der Waals surface area contributed by atoms with Crippen molar-refractivity contribution in [2.24, 2.45) is 0 Å². The third-order valence-corrected chi connectivity index (χ3v) is 10.0. The molecule has 4 rings (SSSR count). The predicted octanol–water partition coefficient (Wildman–Crippen LogP) is 10.1. The summed E-state index contributed by atoms with van der Waals surface area (Å²) in [7, 11) is 1.32. The highest BCUT2D eigenvalue weighted by Crippen LogP contribution is 2.49. The van der Waals surface area contributed by atoms with Crippen LogP contribution >= 0.6 is 75.9 Å². The highest BCUT2D eigenvalue weighted by Gasteiger charge is 2.28. The summed E-state index contributed by atoms with van der Waals surface area (Å²) in [6.45, 7) is 5.43. The number of aromatic hydroxyl groups is 1. The van der Waals surface area contributed by atoms with Crippen LogP contribution in [-0.4, -0.2) is 28.8 Å². The fraction of sp³-hybridized carbons (Fsp3) is 0.250. The summed E-state index contributed by atoms with van der Waals surface area (Å²) in [5, 5.41) is 11.2. The van der Waals surface area contributed by atoms with Gasteiger partial charge in [0, 0.05) is 29.4 Å². The Morgan fingerprint density at radius 2 is 1.67 bits per heavy atom. The topological polar surface area (TPSA) is 93.8 Å². The summed E-state index contributed by atoms with van der Waals surface area (Å²) < 4.78 is 12.5. The van der Waals surface area contributed by atoms with Gasteiger partial charge in [-0.2, -0.15) is 0 Å². The molecule has 0 amide bonds. The van der Waals surface area contributed by atoms with Crippen LogP contribution in [-0.2, 0) is 16.0 Å². The van der Waals surface area contributed by atoms with E-state index in [-0.39, 0.29) is 37.3 Å². The Morgan fingerprint density at radius 1 is 0.977 bits per heavy atom. The van der Waals surface area contributed by atoms with Gasteiger partial charge in [-0.1, -0.05) is 31.3 Å². The van der Waals surface area contributed by atoms with E-state index in [1.807, 2.05) is 12.1 Å². The molecule has 0 fully saturated rings. The molecule has 0 atom stereocenters. The zero-order valence-corrected chi connectivity index (χ0v) is 30.4. The smallest absolute Gasteiger partial charge is 0.338 e. The summed E-state index contributed by atoms with van der Waals surface area (Å²) >= 11 is 19.3. The molecule has 2 aromatic rings. The number of methoxy groups -OCH3 is 1. The molecule has 1 N–H and O–H groups in total. The molecular weight excluding hydrogens is 832 g/mol. The first kappa shape index (κ1) is 33.7. The molecule has 224 valence electrons. The van der Waals surface area contributed by atoms with Gasteiger partial charge in [-0.05, 0) is 136 Å². The van der Waals surface area contributed by atoms with Crippen LogP contribution in [0.4, 0.5) is 0 Å². The molecule has 43 heavy (non-hydrogen) atoms. The number of rotatable bonds is 11. The monoisotopic (exact) mass is 854 g/mol. The zero-order chi connectivity index (χ0) is 31.6. The summed E-state index contributed by atoms with van der Waals surface area (Å²) in [4.78, 5) is 38.5. The number of carbonyl (C=O) groups excluding carboxylic acids is 2. The number of Topliss-reactive ketones (excluding diaryl/α,β-unsaturated/α-hetero) is 1. The Kier molecular flexibility index (Phi) is 11.2. The molecular formula is C32H26Br4O6S. The molecule has 2 aliphatic rings. The van der Waals surface area contributed by atoms with E-state index in [2.05, 4.69) is 70.3 Å². The lowest BCUT2D eigenvalue weighted by Gasteiger charge is -2.20. The number of carbonyl (C=O) groups is 2. The predicted molar refractivity (Wildman–Crippen MR) is 188 cm³/mol. The van der Waals surface area contributed by atoms with Gasteiger partial charge in [-0.25, -0.2) is 4.79 Å². The quantitative estimate of drug-likeness (QED) is 0.0528. The van der Waals surface area contributed by atoms with Crippen molar-refractivity contribution in [1.29, 1.82) is 0 Å². The maximum absolute atomic E-state index is 13.1. The summed E-state index contributed by atoms with van der Waals surface area (Å²) in [6.07, 6.45) is 4.29. The first-order chi connectivity index (χ1) is 20.3. The van der Waals surface area contributed by atoms with Crippen LogP contribution in [0.3, 0.4) is 0 Å². The molecule has 0 saturated carbocycles. The number of halogens is 4. The average molecular weight is 858 g/mol. The number of fused-ring (bicyclic) bond motifs is 2. The number of benzene rings is 3. The lowest BCUT2D eigenvalue weighted by molar-refractivity contribution is -0.115. The van der Waals surface area contributed by atoms with E-state index in [9.17, 15) is 19.5 Å². The van der Waals surface area contributed by atoms with Crippen LogP contribution < -0.4 is 5.43 Å². The fourth-order valence-electron chi connectivity index (χ4n) is 4.79. The van der Waals surface area contributed by atoms with E-state index < -0.39 is 5.97 Å². The largest absolute Gasteiger partial charge is 0.505 e. The fourth-order valence-corrected chi connectivity index (χ4v) is 7.51. The van der Waals surface area contributed by atoms with Gasteiger partial charge in [-0.3, -0.25) is 9.59 Å². The normalized spacial score (nSPS) is 11.2. The Morgan fingerprint density at radius 3 is 2.35 bits per heavy atom. The molecule has 0 unspecified atom stereocenters. The van der Waals surface area contributed by atoms with Crippen LogP contribution in [0.25, 0.3) is 33.4 Å². The molecule has 0 bridgehead atoms. The van der Waals surface area contributed by atoms with Gasteiger partial charge in [-0.15, -0.1) is 0 Å². The number of hydrogen-bond acceptors (Lipinski definition) is 7. The SMILES string of the molecule is C=C(C)C(=O)CCCCCC(=S)Cc1ccc(C(=O)OC)c(-c2c3cc(Br)c(=O)c(Br)c-3oc3c(Br)c(O)c(Br)cc23)c1. The van der Waals surface area contributed by atoms with Gasteiger partial charge in [0.25, 0.3) is 0 Å². The molecule has 0 saturated heterocycles. The van der Waals surface area contributed by atoms with Crippen LogP contribution in [0, 0.1) is 0 Å².